The number of hydrogen-bond donors (Lipinski definition) is 1. The molecule has 0 aliphatic rings. The Bertz CT molecular complexity index is 287. The van der Waals surface area contributed by atoms with Gasteiger partial charge in [0.25, 0.3) is 0 Å². The summed E-state index contributed by atoms with van der Waals surface area (Å²) in [5.74, 6) is 3.38. The Hall–Kier alpha value is -0.980. The molecule has 0 saturated heterocycles. The molecule has 1 aromatic heterocycles. The standard InChI is InChI=1S/C9H11NOS/c1-3-4-8(10)9-5-7(11-2)6-12-9/h1,5-6,8H,4,10H2,2H3. The molecule has 0 spiro atoms. The van der Waals surface area contributed by atoms with E-state index in [9.17, 15) is 0 Å². The molecule has 1 rings (SSSR count). The van der Waals surface area contributed by atoms with E-state index in [4.69, 9.17) is 16.9 Å². The summed E-state index contributed by atoms with van der Waals surface area (Å²) in [5, 5.41) is 1.92. The first-order valence-corrected chi connectivity index (χ1v) is 4.47. The van der Waals surface area contributed by atoms with Crippen LogP contribution in [0, 0.1) is 12.3 Å². The number of methoxy groups -OCH3 is 1. The molecule has 0 aliphatic heterocycles. The van der Waals surface area contributed by atoms with E-state index in [1.165, 1.54) is 0 Å². The van der Waals surface area contributed by atoms with E-state index in [0.29, 0.717) is 6.42 Å². The van der Waals surface area contributed by atoms with Gasteiger partial charge in [-0.25, -0.2) is 0 Å². The molecule has 0 fully saturated rings. The highest BCUT2D eigenvalue weighted by molar-refractivity contribution is 7.10. The van der Waals surface area contributed by atoms with Crippen molar-refractivity contribution in [2.24, 2.45) is 5.73 Å². The van der Waals surface area contributed by atoms with Gasteiger partial charge in [0, 0.05) is 16.7 Å². The number of nitrogens with two attached hydrogens (primary N) is 1. The lowest BCUT2D eigenvalue weighted by atomic mass is 10.2. The molecule has 2 nitrogen and oxygen atoms in total. The second-order valence-corrected chi connectivity index (χ2v) is 3.35. The minimum absolute atomic E-state index is 0.0519. The van der Waals surface area contributed by atoms with Crippen LogP contribution in [-0.4, -0.2) is 7.11 Å². The topological polar surface area (TPSA) is 35.2 Å². The van der Waals surface area contributed by atoms with Crippen molar-refractivity contribution >= 4 is 11.3 Å². The second-order valence-electron chi connectivity index (χ2n) is 2.40. The zero-order valence-electron chi connectivity index (χ0n) is 6.91. The average molecular weight is 181 g/mol. The zero-order valence-corrected chi connectivity index (χ0v) is 7.73. The summed E-state index contributed by atoms with van der Waals surface area (Å²) in [7, 11) is 1.64. The molecule has 1 unspecified atom stereocenters. The Morgan fingerprint density at radius 1 is 1.83 bits per heavy atom. The molecule has 2 N–H and O–H groups in total. The van der Waals surface area contributed by atoms with E-state index in [-0.39, 0.29) is 6.04 Å². The molecule has 3 heteroatoms. The fraction of sp³-hybridized carbons (Fsp3) is 0.333. The molecule has 64 valence electrons. The van der Waals surface area contributed by atoms with Gasteiger partial charge in [-0.15, -0.1) is 23.7 Å². The normalized spacial score (nSPS) is 12.1. The van der Waals surface area contributed by atoms with Gasteiger partial charge in [-0.2, -0.15) is 0 Å². The Morgan fingerprint density at radius 2 is 2.58 bits per heavy atom. The zero-order chi connectivity index (χ0) is 8.97. The lowest BCUT2D eigenvalue weighted by Crippen LogP contribution is -2.06. The molecule has 1 aromatic rings. The molecule has 1 atom stereocenters. The molecule has 0 saturated carbocycles. The van der Waals surface area contributed by atoms with Gasteiger partial charge in [-0.1, -0.05) is 0 Å². The van der Waals surface area contributed by atoms with Gasteiger partial charge in [0.1, 0.15) is 5.75 Å². The van der Waals surface area contributed by atoms with Crippen LogP contribution in [0.15, 0.2) is 11.4 Å². The van der Waals surface area contributed by atoms with Crippen molar-refractivity contribution in [3.8, 4) is 18.1 Å². The van der Waals surface area contributed by atoms with Crippen molar-refractivity contribution in [2.75, 3.05) is 7.11 Å². The van der Waals surface area contributed by atoms with E-state index < -0.39 is 0 Å². The van der Waals surface area contributed by atoms with Crippen LogP contribution in [0.25, 0.3) is 0 Å². The molecule has 0 amide bonds. The van der Waals surface area contributed by atoms with Crippen LogP contribution in [0.1, 0.15) is 17.3 Å². The van der Waals surface area contributed by atoms with Crippen molar-refractivity contribution in [2.45, 2.75) is 12.5 Å². The molecule has 1 heterocycles. The van der Waals surface area contributed by atoms with Gasteiger partial charge < -0.3 is 10.5 Å². The third kappa shape index (κ3) is 2.00. The van der Waals surface area contributed by atoms with Crippen molar-refractivity contribution in [1.29, 1.82) is 0 Å². The number of ether oxygens (including phenoxy) is 1. The molecule has 0 aliphatic carbocycles. The number of thiophene rings is 1. The van der Waals surface area contributed by atoms with Gasteiger partial charge in [-0.05, 0) is 6.07 Å². The van der Waals surface area contributed by atoms with Crippen LogP contribution in [-0.2, 0) is 0 Å². The largest absolute Gasteiger partial charge is 0.496 e. The molecular formula is C9H11NOS. The van der Waals surface area contributed by atoms with Gasteiger partial charge in [0.2, 0.25) is 0 Å². The highest BCUT2D eigenvalue weighted by Crippen LogP contribution is 2.26. The SMILES string of the molecule is C#CCC(N)c1cc(OC)cs1. The Kier molecular flexibility index (Phi) is 3.15. The minimum Gasteiger partial charge on any atom is -0.496 e. The van der Waals surface area contributed by atoms with Gasteiger partial charge in [0.05, 0.1) is 13.2 Å². The van der Waals surface area contributed by atoms with E-state index in [1.807, 2.05) is 11.4 Å². The maximum absolute atomic E-state index is 5.79. The highest BCUT2D eigenvalue weighted by Gasteiger charge is 2.07. The lowest BCUT2D eigenvalue weighted by Gasteiger charge is -2.02. The predicted octanol–water partition coefficient (Wildman–Crippen LogP) is 1.78. The molecule has 12 heavy (non-hydrogen) atoms. The number of hydrogen-bond acceptors (Lipinski definition) is 3. The van der Waals surface area contributed by atoms with E-state index in [1.54, 1.807) is 18.4 Å². The van der Waals surface area contributed by atoms with Gasteiger partial charge in [0.15, 0.2) is 0 Å². The summed E-state index contributed by atoms with van der Waals surface area (Å²) in [4.78, 5) is 1.07. The molecule has 0 radical (unpaired) electrons. The Balaban J connectivity index is 2.69. The van der Waals surface area contributed by atoms with Gasteiger partial charge in [-0.3, -0.25) is 0 Å². The summed E-state index contributed by atoms with van der Waals surface area (Å²) in [5.41, 5.74) is 5.79. The van der Waals surface area contributed by atoms with Crippen molar-refractivity contribution in [3.05, 3.63) is 16.3 Å². The van der Waals surface area contributed by atoms with E-state index in [0.717, 1.165) is 10.6 Å². The smallest absolute Gasteiger partial charge is 0.129 e. The van der Waals surface area contributed by atoms with Crippen LogP contribution in [0.5, 0.6) is 5.75 Å². The fourth-order valence-corrected chi connectivity index (χ4v) is 1.72. The average Bonchev–Trinajstić information content (AvgIpc) is 2.52. The fourth-order valence-electron chi connectivity index (χ4n) is 0.863. The van der Waals surface area contributed by atoms with Crippen molar-refractivity contribution in [3.63, 3.8) is 0 Å². The third-order valence-corrected chi connectivity index (χ3v) is 2.58. The summed E-state index contributed by atoms with van der Waals surface area (Å²) in [6.45, 7) is 0. The van der Waals surface area contributed by atoms with Crippen LogP contribution in [0.2, 0.25) is 0 Å². The lowest BCUT2D eigenvalue weighted by molar-refractivity contribution is 0.416. The molecule has 0 aromatic carbocycles. The van der Waals surface area contributed by atoms with Crippen LogP contribution >= 0.6 is 11.3 Å². The van der Waals surface area contributed by atoms with Crippen molar-refractivity contribution in [1.82, 2.24) is 0 Å². The quantitative estimate of drug-likeness (QED) is 0.721. The maximum atomic E-state index is 5.79. The predicted molar refractivity (Wildman–Crippen MR) is 51.2 cm³/mol. The Labute approximate surface area is 76.3 Å². The minimum atomic E-state index is -0.0519. The summed E-state index contributed by atoms with van der Waals surface area (Å²) in [6.07, 6.45) is 5.72. The highest BCUT2D eigenvalue weighted by atomic mass is 32.1. The second kappa shape index (κ2) is 4.15. The summed E-state index contributed by atoms with van der Waals surface area (Å²) >= 11 is 1.58. The van der Waals surface area contributed by atoms with Gasteiger partial charge >= 0.3 is 0 Å². The summed E-state index contributed by atoms with van der Waals surface area (Å²) < 4.78 is 5.03. The molecule has 0 bridgehead atoms. The number of rotatable bonds is 3. The van der Waals surface area contributed by atoms with Crippen molar-refractivity contribution < 1.29 is 4.74 Å². The Morgan fingerprint density at radius 3 is 3.08 bits per heavy atom. The summed E-state index contributed by atoms with van der Waals surface area (Å²) in [6, 6.07) is 1.87. The molecular weight excluding hydrogens is 170 g/mol. The van der Waals surface area contributed by atoms with E-state index in [2.05, 4.69) is 5.92 Å². The first-order valence-electron chi connectivity index (χ1n) is 3.59. The van der Waals surface area contributed by atoms with E-state index >= 15 is 0 Å². The first-order chi connectivity index (χ1) is 5.77. The maximum Gasteiger partial charge on any atom is 0.129 e. The number of terminal acetylenes is 1. The van der Waals surface area contributed by atoms with Crippen LogP contribution in [0.4, 0.5) is 0 Å². The van der Waals surface area contributed by atoms with Crippen LogP contribution < -0.4 is 10.5 Å². The van der Waals surface area contributed by atoms with Crippen LogP contribution in [0.3, 0.4) is 0 Å². The monoisotopic (exact) mass is 181 g/mol. The third-order valence-electron chi connectivity index (χ3n) is 1.53. The first kappa shape index (κ1) is 9.11.